The molecule has 1 heterocycles. The molecule has 0 amide bonds. The van der Waals surface area contributed by atoms with Gasteiger partial charge in [-0.1, -0.05) is 29.8 Å². The topological polar surface area (TPSA) is 59.3 Å². The molecule has 1 atom stereocenters. The minimum Gasteiger partial charge on any atom is -0.481 e. The third-order valence-corrected chi connectivity index (χ3v) is 5.95. The molecule has 2 aromatic carbocycles. The van der Waals surface area contributed by atoms with E-state index in [4.69, 9.17) is 11.6 Å². The Hall–Kier alpha value is -3.13. The van der Waals surface area contributed by atoms with E-state index < -0.39 is 40.9 Å². The molecule has 3 aromatic rings. The minimum atomic E-state index is -4.81. The van der Waals surface area contributed by atoms with Crippen LogP contribution in [-0.4, -0.2) is 21.6 Å². The first-order valence-electron chi connectivity index (χ1n) is 9.71. The fraction of sp³-hybridized carbons (Fsp3) is 0.217. The molecule has 0 aliphatic heterocycles. The Morgan fingerprint density at radius 3 is 2.47 bits per heavy atom. The van der Waals surface area contributed by atoms with Crippen molar-refractivity contribution >= 4 is 40.0 Å². The van der Waals surface area contributed by atoms with Gasteiger partial charge < -0.3 is 5.11 Å². The standard InChI is InChI=1S/C23H16ClF4NO3/c24-16-4-1-3-15(23(26,27)28)20(16)21(30)29-11-14(19-17(25)5-2-6-18(19)29)12-7-9-13(10-8-12)22(31)32/h1-7,11,13H,8-10H2,(H,31,32). The number of allylic oxidation sites excluding steroid dienone is 2. The molecular formula is C23H16ClF4NO3. The number of carbonyl (C=O) groups excluding carboxylic acids is 1. The molecule has 1 aliphatic carbocycles. The van der Waals surface area contributed by atoms with Crippen LogP contribution in [0.3, 0.4) is 0 Å². The summed E-state index contributed by atoms with van der Waals surface area (Å²) in [6, 6.07) is 7.05. The molecule has 0 spiro atoms. The average Bonchev–Trinajstić information content (AvgIpc) is 3.13. The molecule has 0 fully saturated rings. The summed E-state index contributed by atoms with van der Waals surface area (Å²) in [5.74, 6) is -3.16. The van der Waals surface area contributed by atoms with E-state index in [1.807, 2.05) is 0 Å². The Balaban J connectivity index is 1.89. The van der Waals surface area contributed by atoms with E-state index in [1.54, 1.807) is 6.08 Å². The molecule has 166 valence electrons. The smallest absolute Gasteiger partial charge is 0.417 e. The maximum Gasteiger partial charge on any atom is 0.417 e. The second kappa shape index (κ2) is 8.09. The third kappa shape index (κ3) is 3.79. The van der Waals surface area contributed by atoms with Crippen LogP contribution in [0.1, 0.15) is 40.7 Å². The number of carbonyl (C=O) groups is 2. The molecule has 1 aromatic heterocycles. The first-order valence-corrected chi connectivity index (χ1v) is 10.1. The Kier molecular flexibility index (Phi) is 5.58. The van der Waals surface area contributed by atoms with Crippen molar-refractivity contribution in [2.45, 2.75) is 25.4 Å². The number of benzene rings is 2. The molecule has 1 N–H and O–H groups in total. The molecule has 0 saturated carbocycles. The molecule has 4 nitrogen and oxygen atoms in total. The normalized spacial score (nSPS) is 16.8. The van der Waals surface area contributed by atoms with Crippen LogP contribution in [0.25, 0.3) is 16.5 Å². The summed E-state index contributed by atoms with van der Waals surface area (Å²) >= 11 is 5.99. The van der Waals surface area contributed by atoms with E-state index in [1.165, 1.54) is 30.5 Å². The van der Waals surface area contributed by atoms with Crippen LogP contribution < -0.4 is 0 Å². The van der Waals surface area contributed by atoms with Crippen LogP contribution >= 0.6 is 11.6 Å². The van der Waals surface area contributed by atoms with Gasteiger partial charge in [-0.2, -0.15) is 13.2 Å². The van der Waals surface area contributed by atoms with Crippen LogP contribution in [0, 0.1) is 11.7 Å². The Morgan fingerprint density at radius 2 is 1.84 bits per heavy atom. The van der Waals surface area contributed by atoms with Crippen molar-refractivity contribution in [1.82, 2.24) is 4.57 Å². The summed E-state index contributed by atoms with van der Waals surface area (Å²) in [5, 5.41) is 8.90. The molecule has 4 rings (SSSR count). The van der Waals surface area contributed by atoms with Gasteiger partial charge in [-0.05, 0) is 49.1 Å². The zero-order valence-electron chi connectivity index (χ0n) is 16.4. The molecule has 32 heavy (non-hydrogen) atoms. The number of fused-ring (bicyclic) bond motifs is 1. The maximum absolute atomic E-state index is 14.8. The van der Waals surface area contributed by atoms with Gasteiger partial charge in [0.05, 0.1) is 27.6 Å². The van der Waals surface area contributed by atoms with E-state index in [0.717, 1.165) is 16.7 Å². The van der Waals surface area contributed by atoms with Crippen LogP contribution in [0.4, 0.5) is 17.6 Å². The quantitative estimate of drug-likeness (QED) is 0.455. The highest BCUT2D eigenvalue weighted by Crippen LogP contribution is 2.39. The lowest BCUT2D eigenvalue weighted by Gasteiger charge is -2.18. The van der Waals surface area contributed by atoms with Gasteiger partial charge >= 0.3 is 12.1 Å². The van der Waals surface area contributed by atoms with Crippen LogP contribution in [0.5, 0.6) is 0 Å². The first-order chi connectivity index (χ1) is 15.1. The fourth-order valence-corrected chi connectivity index (χ4v) is 4.31. The summed E-state index contributed by atoms with van der Waals surface area (Å²) in [7, 11) is 0. The van der Waals surface area contributed by atoms with E-state index >= 15 is 0 Å². The highest BCUT2D eigenvalue weighted by molar-refractivity contribution is 6.34. The summed E-state index contributed by atoms with van der Waals surface area (Å²) in [6.07, 6.45) is -0.938. The van der Waals surface area contributed by atoms with Gasteiger partial charge in [0.2, 0.25) is 0 Å². The zero-order chi connectivity index (χ0) is 23.2. The number of aliphatic carboxylic acids is 1. The number of halogens is 5. The van der Waals surface area contributed by atoms with Crippen molar-refractivity contribution in [2.24, 2.45) is 5.92 Å². The second-order valence-electron chi connectivity index (χ2n) is 7.55. The van der Waals surface area contributed by atoms with E-state index in [2.05, 4.69) is 0 Å². The van der Waals surface area contributed by atoms with Crippen molar-refractivity contribution in [1.29, 1.82) is 0 Å². The monoisotopic (exact) mass is 465 g/mol. The van der Waals surface area contributed by atoms with E-state index in [-0.39, 0.29) is 22.3 Å². The number of nitrogens with zero attached hydrogens (tertiary/aromatic N) is 1. The number of carboxylic acid groups (broad SMARTS) is 1. The van der Waals surface area contributed by atoms with Gasteiger partial charge in [0.15, 0.2) is 0 Å². The SMILES string of the molecule is O=C(O)C1CC=C(c2cn(C(=O)c3c(Cl)cccc3C(F)(F)F)c3cccc(F)c23)CC1. The summed E-state index contributed by atoms with van der Waals surface area (Å²) in [4.78, 5) is 24.5. The van der Waals surface area contributed by atoms with E-state index in [9.17, 15) is 32.3 Å². The lowest BCUT2D eigenvalue weighted by molar-refractivity contribution is -0.142. The highest BCUT2D eigenvalue weighted by atomic mass is 35.5. The highest BCUT2D eigenvalue weighted by Gasteiger charge is 2.37. The van der Waals surface area contributed by atoms with Crippen molar-refractivity contribution in [3.63, 3.8) is 0 Å². The number of hydrogen-bond donors (Lipinski definition) is 1. The zero-order valence-corrected chi connectivity index (χ0v) is 17.2. The summed E-state index contributed by atoms with van der Waals surface area (Å²) in [6.45, 7) is 0. The van der Waals surface area contributed by atoms with Crippen molar-refractivity contribution in [3.8, 4) is 0 Å². The van der Waals surface area contributed by atoms with Crippen LogP contribution in [0.2, 0.25) is 5.02 Å². The number of alkyl halides is 3. The summed E-state index contributed by atoms with van der Waals surface area (Å²) < 4.78 is 56.4. The predicted octanol–water partition coefficient (Wildman–Crippen LogP) is 6.41. The molecule has 0 radical (unpaired) electrons. The summed E-state index contributed by atoms with van der Waals surface area (Å²) in [5.41, 5.74) is -0.830. The van der Waals surface area contributed by atoms with Gasteiger partial charge in [0, 0.05) is 17.1 Å². The number of aromatic nitrogens is 1. The van der Waals surface area contributed by atoms with Gasteiger partial charge in [-0.3, -0.25) is 14.2 Å². The third-order valence-electron chi connectivity index (χ3n) is 5.64. The lowest BCUT2D eigenvalue weighted by atomic mass is 9.86. The van der Waals surface area contributed by atoms with Crippen LogP contribution in [-0.2, 0) is 11.0 Å². The minimum absolute atomic E-state index is 0.0847. The Labute approximate surface area is 184 Å². The molecule has 1 unspecified atom stereocenters. The first kappa shape index (κ1) is 22.1. The van der Waals surface area contributed by atoms with Crippen LogP contribution in [0.15, 0.2) is 48.7 Å². The Bertz CT molecular complexity index is 1280. The molecule has 9 heteroatoms. The fourth-order valence-electron chi connectivity index (χ4n) is 4.06. The predicted molar refractivity (Wildman–Crippen MR) is 111 cm³/mol. The van der Waals surface area contributed by atoms with Gasteiger partial charge in [-0.25, -0.2) is 4.39 Å². The number of rotatable bonds is 3. The number of hydrogen-bond acceptors (Lipinski definition) is 2. The molecular weight excluding hydrogens is 450 g/mol. The molecule has 0 bridgehead atoms. The van der Waals surface area contributed by atoms with Gasteiger partial charge in [0.1, 0.15) is 5.82 Å². The Morgan fingerprint density at radius 1 is 1.12 bits per heavy atom. The van der Waals surface area contributed by atoms with Crippen molar-refractivity contribution in [2.75, 3.05) is 0 Å². The van der Waals surface area contributed by atoms with Gasteiger partial charge in [0.25, 0.3) is 5.91 Å². The maximum atomic E-state index is 14.8. The van der Waals surface area contributed by atoms with Gasteiger partial charge in [-0.15, -0.1) is 0 Å². The average molecular weight is 466 g/mol. The largest absolute Gasteiger partial charge is 0.481 e. The molecule has 1 aliphatic rings. The second-order valence-corrected chi connectivity index (χ2v) is 7.96. The lowest BCUT2D eigenvalue weighted by Crippen LogP contribution is -2.18. The van der Waals surface area contributed by atoms with E-state index in [0.29, 0.717) is 24.0 Å². The van der Waals surface area contributed by atoms with Crippen molar-refractivity contribution in [3.05, 3.63) is 76.2 Å². The number of carboxylic acids is 1. The van der Waals surface area contributed by atoms with Crippen molar-refractivity contribution < 1.29 is 32.3 Å². The molecule has 0 saturated heterocycles.